The van der Waals surface area contributed by atoms with Crippen LogP contribution in [0.25, 0.3) is 0 Å². The second kappa shape index (κ2) is 8.29. The number of ether oxygens (including phenoxy) is 1. The number of carbonyl (C=O) groups is 1. The summed E-state index contributed by atoms with van der Waals surface area (Å²) in [6.07, 6.45) is 0.417. The van der Waals surface area contributed by atoms with E-state index in [9.17, 15) is 9.18 Å². The summed E-state index contributed by atoms with van der Waals surface area (Å²) in [6.45, 7) is 11.7. The molecule has 23 heavy (non-hydrogen) atoms. The van der Waals surface area contributed by atoms with Gasteiger partial charge in [-0.3, -0.25) is 0 Å². The van der Waals surface area contributed by atoms with Crippen molar-refractivity contribution < 1.29 is 13.9 Å². The Morgan fingerprint density at radius 1 is 1.35 bits per heavy atom. The Morgan fingerprint density at radius 2 is 2.00 bits per heavy atom. The number of halogens is 1. The predicted octanol–water partition coefficient (Wildman–Crippen LogP) is 4.09. The van der Waals surface area contributed by atoms with Crippen LogP contribution in [-0.2, 0) is 4.74 Å². The van der Waals surface area contributed by atoms with Gasteiger partial charge in [-0.1, -0.05) is 19.1 Å². The zero-order valence-corrected chi connectivity index (χ0v) is 15.0. The number of amides is 1. The van der Waals surface area contributed by atoms with Gasteiger partial charge in [0.2, 0.25) is 0 Å². The summed E-state index contributed by atoms with van der Waals surface area (Å²) in [6, 6.07) is 5.34. The number of benzene rings is 1. The third-order valence-corrected chi connectivity index (χ3v) is 3.57. The average molecular weight is 324 g/mol. The van der Waals surface area contributed by atoms with Crippen molar-refractivity contribution in [2.45, 2.75) is 65.6 Å². The van der Waals surface area contributed by atoms with Crippen LogP contribution in [0, 0.1) is 12.7 Å². The van der Waals surface area contributed by atoms with E-state index < -0.39 is 11.7 Å². The predicted molar refractivity (Wildman–Crippen MR) is 91.0 cm³/mol. The van der Waals surface area contributed by atoms with Crippen LogP contribution < -0.4 is 10.6 Å². The molecular weight excluding hydrogens is 295 g/mol. The summed E-state index contributed by atoms with van der Waals surface area (Å²) in [5, 5.41) is 6.18. The van der Waals surface area contributed by atoms with Gasteiger partial charge in [-0.25, -0.2) is 9.18 Å². The van der Waals surface area contributed by atoms with Crippen LogP contribution in [0.3, 0.4) is 0 Å². The number of nitrogens with one attached hydrogen (secondary N) is 2. The van der Waals surface area contributed by atoms with E-state index in [4.69, 9.17) is 4.74 Å². The topological polar surface area (TPSA) is 50.4 Å². The lowest BCUT2D eigenvalue weighted by molar-refractivity contribution is 0.0521. The minimum atomic E-state index is -0.508. The zero-order valence-electron chi connectivity index (χ0n) is 15.0. The molecule has 0 aromatic heterocycles. The van der Waals surface area contributed by atoms with E-state index >= 15 is 0 Å². The number of hydrogen-bond acceptors (Lipinski definition) is 3. The van der Waals surface area contributed by atoms with Crippen LogP contribution in [0.5, 0.6) is 0 Å². The molecule has 0 saturated heterocycles. The molecule has 1 amide bonds. The Kier molecular flexibility index (Phi) is 7.01. The molecule has 5 heteroatoms. The molecule has 0 heterocycles. The van der Waals surface area contributed by atoms with E-state index in [0.29, 0.717) is 12.1 Å². The molecule has 0 fully saturated rings. The lowest BCUT2D eigenvalue weighted by Crippen LogP contribution is -2.43. The van der Waals surface area contributed by atoms with Crippen molar-refractivity contribution in [3.63, 3.8) is 0 Å². The highest BCUT2D eigenvalue weighted by Gasteiger charge is 2.18. The van der Waals surface area contributed by atoms with E-state index in [1.165, 1.54) is 0 Å². The molecule has 1 aromatic rings. The fraction of sp³-hybridized carbons (Fsp3) is 0.611. The van der Waals surface area contributed by atoms with Gasteiger partial charge in [0.25, 0.3) is 0 Å². The Balaban J connectivity index is 2.55. The maximum Gasteiger partial charge on any atom is 0.407 e. The van der Waals surface area contributed by atoms with Crippen molar-refractivity contribution in [2.24, 2.45) is 0 Å². The first-order chi connectivity index (χ1) is 10.6. The summed E-state index contributed by atoms with van der Waals surface area (Å²) >= 11 is 0. The minimum Gasteiger partial charge on any atom is -0.444 e. The Hall–Kier alpha value is -1.62. The molecule has 0 saturated carbocycles. The van der Waals surface area contributed by atoms with E-state index in [2.05, 4.69) is 10.6 Å². The Bertz CT molecular complexity index is 526. The Labute approximate surface area is 138 Å². The maximum atomic E-state index is 13.7. The van der Waals surface area contributed by atoms with Gasteiger partial charge in [-0.2, -0.15) is 0 Å². The number of rotatable bonds is 6. The van der Waals surface area contributed by atoms with Gasteiger partial charge >= 0.3 is 6.09 Å². The summed E-state index contributed by atoms with van der Waals surface area (Å²) in [4.78, 5) is 11.7. The van der Waals surface area contributed by atoms with Gasteiger partial charge in [-0.05, 0) is 58.2 Å². The molecule has 0 aliphatic rings. The van der Waals surface area contributed by atoms with E-state index in [1.807, 2.05) is 40.7 Å². The van der Waals surface area contributed by atoms with Gasteiger partial charge in [0.15, 0.2) is 0 Å². The van der Waals surface area contributed by atoms with Crippen LogP contribution in [0.2, 0.25) is 0 Å². The van der Waals surface area contributed by atoms with E-state index in [-0.39, 0.29) is 17.9 Å². The highest BCUT2D eigenvalue weighted by Crippen LogP contribution is 2.17. The number of carbonyl (C=O) groups excluding carboxylic acids is 1. The lowest BCUT2D eigenvalue weighted by Gasteiger charge is -2.24. The second-order valence-electron chi connectivity index (χ2n) is 6.88. The maximum absolute atomic E-state index is 13.7. The minimum absolute atomic E-state index is 0.00418. The number of aryl methyl sites for hydroxylation is 1. The van der Waals surface area contributed by atoms with Crippen molar-refractivity contribution >= 4 is 6.09 Å². The summed E-state index contributed by atoms with van der Waals surface area (Å²) in [5.41, 5.74) is 1.02. The van der Waals surface area contributed by atoms with Crippen LogP contribution in [0.4, 0.5) is 9.18 Å². The summed E-state index contributed by atoms with van der Waals surface area (Å²) in [7, 11) is 0. The molecule has 4 nitrogen and oxygen atoms in total. The first-order valence-corrected chi connectivity index (χ1v) is 8.11. The van der Waals surface area contributed by atoms with Crippen LogP contribution in [0.15, 0.2) is 18.2 Å². The largest absolute Gasteiger partial charge is 0.444 e. The average Bonchev–Trinajstić information content (AvgIpc) is 2.44. The lowest BCUT2D eigenvalue weighted by atomic mass is 10.0. The van der Waals surface area contributed by atoms with Crippen molar-refractivity contribution in [2.75, 3.05) is 6.54 Å². The molecule has 0 aliphatic heterocycles. The SMILES string of the molecule is CCC(CNC(=O)OC(C)(C)C)NC(C)c1ccc(C)c(F)c1. The van der Waals surface area contributed by atoms with Crippen molar-refractivity contribution in [3.05, 3.63) is 35.1 Å². The van der Waals surface area contributed by atoms with Gasteiger partial charge in [-0.15, -0.1) is 0 Å². The molecule has 0 aliphatic carbocycles. The van der Waals surface area contributed by atoms with Crippen LogP contribution >= 0.6 is 0 Å². The highest BCUT2D eigenvalue weighted by molar-refractivity contribution is 5.67. The molecule has 0 bridgehead atoms. The molecule has 2 N–H and O–H groups in total. The standard InChI is InChI=1S/C18H29FN2O2/c1-7-15(11-20-17(22)23-18(4,5)6)21-13(3)14-9-8-12(2)16(19)10-14/h8-10,13,15,21H,7,11H2,1-6H3,(H,20,22). The first kappa shape index (κ1) is 19.4. The van der Waals surface area contributed by atoms with Gasteiger partial charge < -0.3 is 15.4 Å². The van der Waals surface area contributed by atoms with Crippen molar-refractivity contribution in [3.8, 4) is 0 Å². The van der Waals surface area contributed by atoms with Crippen LogP contribution in [-0.4, -0.2) is 24.3 Å². The third-order valence-electron chi connectivity index (χ3n) is 3.57. The zero-order chi connectivity index (χ0) is 17.6. The van der Waals surface area contributed by atoms with Gasteiger partial charge in [0.1, 0.15) is 11.4 Å². The molecule has 1 aromatic carbocycles. The summed E-state index contributed by atoms with van der Waals surface area (Å²) < 4.78 is 18.9. The first-order valence-electron chi connectivity index (χ1n) is 8.11. The number of alkyl carbamates (subject to hydrolysis) is 1. The molecule has 1 rings (SSSR count). The molecular formula is C18H29FN2O2. The normalized spacial score (nSPS) is 14.2. The van der Waals surface area contributed by atoms with Gasteiger partial charge in [0, 0.05) is 18.6 Å². The van der Waals surface area contributed by atoms with Crippen LogP contribution in [0.1, 0.15) is 58.2 Å². The van der Waals surface area contributed by atoms with Crippen molar-refractivity contribution in [1.82, 2.24) is 10.6 Å². The highest BCUT2D eigenvalue weighted by atomic mass is 19.1. The Morgan fingerprint density at radius 3 is 2.52 bits per heavy atom. The quantitative estimate of drug-likeness (QED) is 0.829. The third kappa shape index (κ3) is 6.99. The molecule has 2 unspecified atom stereocenters. The van der Waals surface area contributed by atoms with Crippen molar-refractivity contribution in [1.29, 1.82) is 0 Å². The fourth-order valence-corrected chi connectivity index (χ4v) is 2.17. The monoisotopic (exact) mass is 324 g/mol. The molecule has 0 spiro atoms. The number of hydrogen-bond donors (Lipinski definition) is 2. The van der Waals surface area contributed by atoms with E-state index in [1.54, 1.807) is 19.1 Å². The second-order valence-corrected chi connectivity index (χ2v) is 6.88. The smallest absolute Gasteiger partial charge is 0.407 e. The molecule has 130 valence electrons. The van der Waals surface area contributed by atoms with E-state index in [0.717, 1.165) is 12.0 Å². The summed E-state index contributed by atoms with van der Waals surface area (Å²) in [5.74, 6) is -0.198. The fourth-order valence-electron chi connectivity index (χ4n) is 2.17. The molecule has 0 radical (unpaired) electrons. The molecule has 2 atom stereocenters. The van der Waals surface area contributed by atoms with Gasteiger partial charge in [0.05, 0.1) is 0 Å².